The lowest BCUT2D eigenvalue weighted by molar-refractivity contribution is -0.127. The van der Waals surface area contributed by atoms with E-state index in [1.807, 2.05) is 12.1 Å². The molecule has 2 aromatic rings. The number of amides is 1. The molecular formula is C21H28N4O3S. The van der Waals surface area contributed by atoms with Crippen molar-refractivity contribution in [3.63, 3.8) is 0 Å². The number of aliphatic imine (C=N–C) groups is 1. The van der Waals surface area contributed by atoms with Gasteiger partial charge in [-0.3, -0.25) is 4.79 Å². The van der Waals surface area contributed by atoms with Crippen molar-refractivity contribution in [1.29, 1.82) is 0 Å². The van der Waals surface area contributed by atoms with E-state index in [9.17, 15) is 4.79 Å². The summed E-state index contributed by atoms with van der Waals surface area (Å²) in [5.74, 6) is 2.19. The molecule has 1 aromatic heterocycles. The van der Waals surface area contributed by atoms with Gasteiger partial charge < -0.3 is 24.6 Å². The van der Waals surface area contributed by atoms with Crippen LogP contribution in [0.1, 0.15) is 16.0 Å². The molecule has 0 radical (unpaired) electrons. The quantitative estimate of drug-likeness (QED) is 0.578. The van der Waals surface area contributed by atoms with Crippen molar-refractivity contribution in [2.24, 2.45) is 4.99 Å². The van der Waals surface area contributed by atoms with E-state index in [4.69, 9.17) is 9.47 Å². The van der Waals surface area contributed by atoms with E-state index >= 15 is 0 Å². The van der Waals surface area contributed by atoms with Gasteiger partial charge in [0.2, 0.25) is 5.91 Å². The molecule has 7 nitrogen and oxygen atoms in total. The number of carbonyl (C=O) groups excluding carboxylic acids is 1. The highest BCUT2D eigenvalue weighted by Gasteiger charge is 2.22. The maximum atomic E-state index is 12.1. The van der Waals surface area contributed by atoms with Gasteiger partial charge in [0.05, 0.1) is 20.8 Å². The van der Waals surface area contributed by atoms with Crippen LogP contribution in [-0.2, 0) is 24.3 Å². The highest BCUT2D eigenvalue weighted by molar-refractivity contribution is 7.09. The second kappa shape index (κ2) is 9.65. The molecule has 29 heavy (non-hydrogen) atoms. The zero-order valence-corrected chi connectivity index (χ0v) is 18.2. The molecule has 1 aliphatic rings. The Morgan fingerprint density at radius 3 is 2.59 bits per heavy atom. The van der Waals surface area contributed by atoms with Crippen LogP contribution in [0.2, 0.25) is 0 Å². The number of guanidine groups is 1. The molecule has 1 N–H and O–H groups in total. The SMILES string of the molecule is COc1cc2c(cc1OC)CN(C(=NCC(=O)N(C)C)NCc1cccs1)CC2. The van der Waals surface area contributed by atoms with Crippen molar-refractivity contribution < 1.29 is 14.3 Å². The Bertz CT molecular complexity index is 865. The summed E-state index contributed by atoms with van der Waals surface area (Å²) < 4.78 is 10.9. The summed E-state index contributed by atoms with van der Waals surface area (Å²) in [5, 5.41) is 5.48. The molecule has 0 saturated carbocycles. The average Bonchev–Trinajstić information content (AvgIpc) is 3.25. The minimum absolute atomic E-state index is 0.0239. The van der Waals surface area contributed by atoms with Gasteiger partial charge in [0.25, 0.3) is 0 Å². The number of rotatable bonds is 6. The molecule has 156 valence electrons. The first-order valence-electron chi connectivity index (χ1n) is 9.51. The van der Waals surface area contributed by atoms with Crippen LogP contribution < -0.4 is 14.8 Å². The fraction of sp³-hybridized carbons (Fsp3) is 0.429. The Kier molecular flexibility index (Phi) is 6.98. The normalized spacial score (nSPS) is 13.7. The predicted octanol–water partition coefficient (Wildman–Crippen LogP) is 2.36. The van der Waals surface area contributed by atoms with E-state index in [1.54, 1.807) is 44.6 Å². The van der Waals surface area contributed by atoms with Gasteiger partial charge in [-0.15, -0.1) is 11.3 Å². The number of fused-ring (bicyclic) bond motifs is 1. The number of benzene rings is 1. The lowest BCUT2D eigenvalue weighted by Gasteiger charge is -2.32. The summed E-state index contributed by atoms with van der Waals surface area (Å²) >= 11 is 1.70. The van der Waals surface area contributed by atoms with Gasteiger partial charge in [0.15, 0.2) is 17.5 Å². The predicted molar refractivity (Wildman–Crippen MR) is 116 cm³/mol. The third kappa shape index (κ3) is 5.20. The molecule has 1 aromatic carbocycles. The Labute approximate surface area is 175 Å². The second-order valence-corrected chi connectivity index (χ2v) is 8.04. The Balaban J connectivity index is 1.80. The summed E-state index contributed by atoms with van der Waals surface area (Å²) in [6.07, 6.45) is 0.872. The van der Waals surface area contributed by atoms with E-state index in [0.717, 1.165) is 30.4 Å². The van der Waals surface area contributed by atoms with Gasteiger partial charge in [0, 0.05) is 32.1 Å². The summed E-state index contributed by atoms with van der Waals surface area (Å²) in [7, 11) is 6.79. The van der Waals surface area contributed by atoms with Crippen LogP contribution in [0, 0.1) is 0 Å². The highest BCUT2D eigenvalue weighted by atomic mass is 32.1. The second-order valence-electron chi connectivity index (χ2n) is 7.01. The molecule has 0 unspecified atom stereocenters. The zero-order valence-electron chi connectivity index (χ0n) is 17.4. The molecule has 2 heterocycles. The van der Waals surface area contributed by atoms with Crippen molar-refractivity contribution in [1.82, 2.24) is 15.1 Å². The molecule has 1 aliphatic heterocycles. The molecule has 1 amide bonds. The first-order chi connectivity index (χ1) is 14.0. The number of nitrogens with one attached hydrogen (secondary N) is 1. The van der Waals surface area contributed by atoms with Gasteiger partial charge in [0.1, 0.15) is 6.54 Å². The number of thiophene rings is 1. The standard InChI is InChI=1S/C21H28N4O3S/c1-24(2)20(26)13-23-21(22-12-17-6-5-9-29-17)25-8-7-15-10-18(27-3)19(28-4)11-16(15)14-25/h5-6,9-11H,7-8,12-14H2,1-4H3,(H,22,23). The fourth-order valence-electron chi connectivity index (χ4n) is 3.19. The minimum Gasteiger partial charge on any atom is -0.493 e. The molecule has 0 spiro atoms. The molecular weight excluding hydrogens is 388 g/mol. The lowest BCUT2D eigenvalue weighted by atomic mass is 9.99. The van der Waals surface area contributed by atoms with E-state index in [0.29, 0.717) is 13.1 Å². The lowest BCUT2D eigenvalue weighted by Crippen LogP contribution is -2.44. The summed E-state index contributed by atoms with van der Waals surface area (Å²) in [4.78, 5) is 21.6. The van der Waals surface area contributed by atoms with Gasteiger partial charge in [-0.1, -0.05) is 6.07 Å². The largest absolute Gasteiger partial charge is 0.493 e. The number of hydrogen-bond acceptors (Lipinski definition) is 5. The van der Waals surface area contributed by atoms with Crippen molar-refractivity contribution in [2.75, 3.05) is 41.4 Å². The molecule has 0 saturated heterocycles. The van der Waals surface area contributed by atoms with Crippen LogP contribution in [-0.4, -0.2) is 63.1 Å². The number of ether oxygens (including phenoxy) is 2. The molecule has 0 fully saturated rings. The van der Waals surface area contributed by atoms with Gasteiger partial charge in [-0.05, 0) is 41.1 Å². The van der Waals surface area contributed by atoms with Crippen LogP contribution in [0.25, 0.3) is 0 Å². The summed E-state index contributed by atoms with van der Waals surface area (Å²) in [6, 6.07) is 8.20. The van der Waals surface area contributed by atoms with Crippen molar-refractivity contribution in [3.8, 4) is 11.5 Å². The van der Waals surface area contributed by atoms with E-state index in [-0.39, 0.29) is 12.5 Å². The zero-order chi connectivity index (χ0) is 20.8. The topological polar surface area (TPSA) is 66.4 Å². The number of nitrogens with zero attached hydrogens (tertiary/aromatic N) is 3. The molecule has 0 aliphatic carbocycles. The Morgan fingerprint density at radius 2 is 1.97 bits per heavy atom. The molecule has 8 heteroatoms. The smallest absolute Gasteiger partial charge is 0.243 e. The van der Waals surface area contributed by atoms with E-state index in [2.05, 4.69) is 32.7 Å². The van der Waals surface area contributed by atoms with Crippen LogP contribution in [0.4, 0.5) is 0 Å². The monoisotopic (exact) mass is 416 g/mol. The third-order valence-electron chi connectivity index (χ3n) is 4.88. The first kappa shape index (κ1) is 21.0. The van der Waals surface area contributed by atoms with Gasteiger partial charge in [-0.2, -0.15) is 0 Å². The van der Waals surface area contributed by atoms with Crippen molar-refractivity contribution >= 4 is 23.2 Å². The Morgan fingerprint density at radius 1 is 1.24 bits per heavy atom. The van der Waals surface area contributed by atoms with E-state index < -0.39 is 0 Å². The number of likely N-dealkylation sites (N-methyl/N-ethyl adjacent to an activating group) is 1. The van der Waals surface area contributed by atoms with Crippen LogP contribution >= 0.6 is 11.3 Å². The number of hydrogen-bond donors (Lipinski definition) is 1. The van der Waals surface area contributed by atoms with Crippen molar-refractivity contribution in [3.05, 3.63) is 45.6 Å². The molecule has 0 atom stereocenters. The maximum Gasteiger partial charge on any atom is 0.243 e. The van der Waals surface area contributed by atoms with Crippen molar-refractivity contribution in [2.45, 2.75) is 19.5 Å². The number of carbonyl (C=O) groups is 1. The van der Waals surface area contributed by atoms with E-state index in [1.165, 1.54) is 16.0 Å². The Hall–Kier alpha value is -2.74. The third-order valence-corrected chi connectivity index (χ3v) is 5.76. The maximum absolute atomic E-state index is 12.1. The number of methoxy groups -OCH3 is 2. The fourth-order valence-corrected chi connectivity index (χ4v) is 3.84. The average molecular weight is 417 g/mol. The summed E-state index contributed by atoms with van der Waals surface area (Å²) in [5.41, 5.74) is 2.43. The minimum atomic E-state index is -0.0239. The van der Waals surface area contributed by atoms with Gasteiger partial charge in [-0.25, -0.2) is 4.99 Å². The van der Waals surface area contributed by atoms with Crippen LogP contribution in [0.3, 0.4) is 0 Å². The molecule has 3 rings (SSSR count). The van der Waals surface area contributed by atoms with Gasteiger partial charge >= 0.3 is 0 Å². The summed E-state index contributed by atoms with van der Waals surface area (Å²) in [6.45, 7) is 2.31. The molecule has 0 bridgehead atoms. The van der Waals surface area contributed by atoms with Crippen LogP contribution in [0.5, 0.6) is 11.5 Å². The first-order valence-corrected chi connectivity index (χ1v) is 10.4. The van der Waals surface area contributed by atoms with Crippen LogP contribution in [0.15, 0.2) is 34.6 Å². The highest BCUT2D eigenvalue weighted by Crippen LogP contribution is 2.33.